The van der Waals surface area contributed by atoms with Crippen molar-refractivity contribution in [2.45, 2.75) is 39.3 Å². The summed E-state index contributed by atoms with van der Waals surface area (Å²) in [6.45, 7) is 4.15. The molecule has 1 atom stereocenters. The molecular formula is C20H25N3O5S2. The van der Waals surface area contributed by atoms with Gasteiger partial charge in [-0.1, -0.05) is 6.07 Å². The molecule has 0 radical (unpaired) electrons. The third kappa shape index (κ3) is 4.99. The van der Waals surface area contributed by atoms with Crippen molar-refractivity contribution in [3.05, 3.63) is 45.4 Å². The van der Waals surface area contributed by atoms with Crippen molar-refractivity contribution >= 4 is 38.9 Å². The number of imide groups is 1. The van der Waals surface area contributed by atoms with E-state index in [1.165, 1.54) is 4.88 Å². The Morgan fingerprint density at radius 3 is 2.63 bits per heavy atom. The number of sulfone groups is 1. The Kier molecular flexibility index (Phi) is 6.47. The maximum Gasteiger partial charge on any atom is 0.325 e. The minimum Gasteiger partial charge on any atom is -0.348 e. The van der Waals surface area contributed by atoms with Crippen LogP contribution < -0.4 is 5.32 Å². The minimum atomic E-state index is -3.26. The van der Waals surface area contributed by atoms with Gasteiger partial charge in [0, 0.05) is 34.6 Å². The van der Waals surface area contributed by atoms with E-state index in [1.54, 1.807) is 17.4 Å². The van der Waals surface area contributed by atoms with Crippen molar-refractivity contribution in [1.82, 2.24) is 14.8 Å². The number of urea groups is 1. The van der Waals surface area contributed by atoms with Gasteiger partial charge in [-0.15, -0.1) is 11.3 Å². The Hall–Kier alpha value is -2.46. The Labute approximate surface area is 179 Å². The van der Waals surface area contributed by atoms with Gasteiger partial charge in [-0.3, -0.25) is 14.5 Å². The Morgan fingerprint density at radius 2 is 2.00 bits per heavy atom. The molecule has 2 aromatic heterocycles. The molecule has 0 unspecified atom stereocenters. The second kappa shape index (κ2) is 8.73. The SMILES string of the molecule is Cc1cc(C(=O)CN2C(=O)N[C@H](CCS(C)(=O)=O)C2=O)c(C)n1CCc1cccs1. The summed E-state index contributed by atoms with van der Waals surface area (Å²) in [5.74, 6) is -1.10. The van der Waals surface area contributed by atoms with Crippen LogP contribution in [-0.2, 0) is 27.6 Å². The summed E-state index contributed by atoms with van der Waals surface area (Å²) >= 11 is 1.69. The number of aryl methyl sites for hydroxylation is 2. The number of thiophene rings is 1. The fraction of sp³-hybridized carbons (Fsp3) is 0.450. The molecule has 1 N–H and O–H groups in total. The van der Waals surface area contributed by atoms with Crippen LogP contribution >= 0.6 is 11.3 Å². The summed E-state index contributed by atoms with van der Waals surface area (Å²) in [4.78, 5) is 39.6. The predicted molar refractivity (Wildman–Crippen MR) is 115 cm³/mol. The van der Waals surface area contributed by atoms with E-state index in [9.17, 15) is 22.8 Å². The number of Topliss-reactive ketones (excluding diaryl/α,β-unsaturated/α-hetero) is 1. The Bertz CT molecular complexity index is 1070. The van der Waals surface area contributed by atoms with Gasteiger partial charge in [0.1, 0.15) is 15.9 Å². The number of aromatic nitrogens is 1. The summed E-state index contributed by atoms with van der Waals surface area (Å²) in [5, 5.41) is 4.50. The van der Waals surface area contributed by atoms with Crippen LogP contribution in [0.2, 0.25) is 0 Å². The fourth-order valence-corrected chi connectivity index (χ4v) is 4.95. The van der Waals surface area contributed by atoms with Gasteiger partial charge in [-0.2, -0.15) is 0 Å². The van der Waals surface area contributed by atoms with Crippen LogP contribution in [0.1, 0.15) is 33.0 Å². The quantitative estimate of drug-likeness (QED) is 0.463. The van der Waals surface area contributed by atoms with Crippen molar-refractivity contribution in [3.63, 3.8) is 0 Å². The first kappa shape index (κ1) is 22.2. The predicted octanol–water partition coefficient (Wildman–Crippen LogP) is 1.95. The van der Waals surface area contributed by atoms with E-state index < -0.39 is 27.8 Å². The molecule has 0 saturated carbocycles. The average Bonchev–Trinajstić information content (AvgIpc) is 3.34. The molecule has 3 rings (SSSR count). The second-order valence-corrected chi connectivity index (χ2v) is 10.8. The lowest BCUT2D eigenvalue weighted by Gasteiger charge is -2.13. The lowest BCUT2D eigenvalue weighted by atomic mass is 10.1. The number of rotatable bonds is 9. The van der Waals surface area contributed by atoms with Crippen LogP contribution in [0.25, 0.3) is 0 Å². The molecule has 162 valence electrons. The molecule has 30 heavy (non-hydrogen) atoms. The highest BCUT2D eigenvalue weighted by Crippen LogP contribution is 2.20. The molecule has 3 amide bonds. The maximum atomic E-state index is 12.9. The molecule has 0 bridgehead atoms. The molecular weight excluding hydrogens is 426 g/mol. The summed E-state index contributed by atoms with van der Waals surface area (Å²) in [6, 6.07) is 4.27. The maximum absolute atomic E-state index is 12.9. The van der Waals surface area contributed by atoms with E-state index in [0.29, 0.717) is 5.56 Å². The molecule has 1 fully saturated rings. The van der Waals surface area contributed by atoms with Crippen molar-refractivity contribution in [2.75, 3.05) is 18.6 Å². The zero-order chi connectivity index (χ0) is 22.1. The van der Waals surface area contributed by atoms with Gasteiger partial charge >= 0.3 is 6.03 Å². The van der Waals surface area contributed by atoms with E-state index >= 15 is 0 Å². The van der Waals surface area contributed by atoms with E-state index in [-0.39, 0.29) is 24.5 Å². The summed E-state index contributed by atoms with van der Waals surface area (Å²) in [5.41, 5.74) is 2.23. The molecule has 0 spiro atoms. The molecule has 3 heterocycles. The number of ketones is 1. The normalized spacial score (nSPS) is 16.9. The standard InChI is InChI=1S/C20H25N3O5S2/c1-13-11-16(14(2)22(13)8-6-15-5-4-9-29-15)18(24)12-23-19(25)17(21-20(23)26)7-10-30(3,27)28/h4-5,9,11,17H,6-8,10,12H2,1-3H3,(H,21,26)/t17-/m1/s1. The fourth-order valence-electron chi connectivity index (χ4n) is 3.59. The topological polar surface area (TPSA) is 106 Å². The molecule has 8 nitrogen and oxygen atoms in total. The van der Waals surface area contributed by atoms with Crippen LogP contribution in [0, 0.1) is 13.8 Å². The highest BCUT2D eigenvalue weighted by molar-refractivity contribution is 7.90. The molecule has 1 aliphatic rings. The number of carbonyl (C=O) groups excluding carboxylic acids is 3. The molecule has 10 heteroatoms. The van der Waals surface area contributed by atoms with Crippen LogP contribution in [0.15, 0.2) is 23.6 Å². The van der Waals surface area contributed by atoms with E-state index in [2.05, 4.69) is 16.0 Å². The van der Waals surface area contributed by atoms with Crippen molar-refractivity contribution in [2.24, 2.45) is 0 Å². The monoisotopic (exact) mass is 451 g/mol. The number of amides is 3. The highest BCUT2D eigenvalue weighted by Gasteiger charge is 2.39. The van der Waals surface area contributed by atoms with Crippen LogP contribution in [0.3, 0.4) is 0 Å². The second-order valence-electron chi connectivity index (χ2n) is 7.53. The summed E-state index contributed by atoms with van der Waals surface area (Å²) < 4.78 is 24.7. The van der Waals surface area contributed by atoms with E-state index in [0.717, 1.165) is 35.5 Å². The molecule has 1 aliphatic heterocycles. The van der Waals surface area contributed by atoms with Crippen LogP contribution in [0.5, 0.6) is 0 Å². The number of hydrogen-bond acceptors (Lipinski definition) is 6. The van der Waals surface area contributed by atoms with E-state index in [4.69, 9.17) is 0 Å². The lowest BCUT2D eigenvalue weighted by molar-refractivity contribution is -0.127. The number of carbonyl (C=O) groups is 3. The van der Waals surface area contributed by atoms with Gasteiger partial charge in [-0.25, -0.2) is 13.2 Å². The highest BCUT2D eigenvalue weighted by atomic mass is 32.2. The summed E-state index contributed by atoms with van der Waals surface area (Å²) in [7, 11) is -3.26. The van der Waals surface area contributed by atoms with Crippen molar-refractivity contribution in [1.29, 1.82) is 0 Å². The molecule has 0 aromatic carbocycles. The molecule has 2 aromatic rings. The Balaban J connectivity index is 1.67. The average molecular weight is 452 g/mol. The summed E-state index contributed by atoms with van der Waals surface area (Å²) in [6.07, 6.45) is 1.92. The number of nitrogens with zero attached hydrogens (tertiary/aromatic N) is 2. The van der Waals surface area contributed by atoms with Crippen LogP contribution in [0.4, 0.5) is 4.79 Å². The first-order chi connectivity index (χ1) is 14.1. The zero-order valence-electron chi connectivity index (χ0n) is 17.2. The Morgan fingerprint density at radius 1 is 1.27 bits per heavy atom. The van der Waals surface area contributed by atoms with Crippen molar-refractivity contribution < 1.29 is 22.8 Å². The van der Waals surface area contributed by atoms with Crippen LogP contribution in [-0.4, -0.2) is 60.2 Å². The van der Waals surface area contributed by atoms with Gasteiger partial charge in [0.05, 0.1) is 12.3 Å². The van der Waals surface area contributed by atoms with Gasteiger partial charge < -0.3 is 9.88 Å². The third-order valence-corrected chi connectivity index (χ3v) is 7.14. The first-order valence-corrected chi connectivity index (χ1v) is 12.5. The van der Waals surface area contributed by atoms with E-state index in [1.807, 2.05) is 25.3 Å². The first-order valence-electron chi connectivity index (χ1n) is 9.58. The van der Waals surface area contributed by atoms with Gasteiger partial charge in [0.25, 0.3) is 5.91 Å². The minimum absolute atomic E-state index is 0.00860. The van der Waals surface area contributed by atoms with Gasteiger partial charge in [-0.05, 0) is 44.2 Å². The largest absolute Gasteiger partial charge is 0.348 e. The van der Waals surface area contributed by atoms with Gasteiger partial charge in [0.2, 0.25) is 0 Å². The lowest BCUT2D eigenvalue weighted by Crippen LogP contribution is -2.36. The van der Waals surface area contributed by atoms with Crippen molar-refractivity contribution in [3.8, 4) is 0 Å². The van der Waals surface area contributed by atoms with Gasteiger partial charge in [0.15, 0.2) is 5.78 Å². The number of hydrogen-bond donors (Lipinski definition) is 1. The number of nitrogens with one attached hydrogen (secondary N) is 1. The third-order valence-electron chi connectivity index (χ3n) is 5.22. The smallest absolute Gasteiger partial charge is 0.325 e. The molecule has 0 aliphatic carbocycles. The molecule has 1 saturated heterocycles. The zero-order valence-corrected chi connectivity index (χ0v) is 18.8.